The molecule has 3 rings (SSSR count). The summed E-state index contributed by atoms with van der Waals surface area (Å²) in [7, 11) is 0. The number of ether oxygens (including phenoxy) is 5. The molecule has 3 heterocycles. The molecule has 0 saturated carbocycles. The fourth-order valence-electron chi connectivity index (χ4n) is 4.80. The number of aliphatic hydroxyl groups excluding tert-OH is 9. The quantitative estimate of drug-likeness (QED) is 0.120. The van der Waals surface area contributed by atoms with E-state index in [2.05, 4.69) is 10.6 Å². The van der Waals surface area contributed by atoms with Crippen molar-refractivity contribution in [2.45, 2.75) is 106 Å². The van der Waals surface area contributed by atoms with Crippen LogP contribution in [0, 0.1) is 0 Å². The largest absolute Gasteiger partial charge is 0.394 e. The predicted molar refractivity (Wildman–Crippen MR) is 124 cm³/mol. The number of rotatable bonds is 9. The van der Waals surface area contributed by atoms with E-state index in [-0.39, 0.29) is 0 Å². The zero-order chi connectivity index (χ0) is 29.9. The normalized spacial score (nSPS) is 46.0. The zero-order valence-corrected chi connectivity index (χ0v) is 21.7. The van der Waals surface area contributed by atoms with E-state index in [9.17, 15) is 55.5 Å². The Bertz CT molecular complexity index is 852. The van der Waals surface area contributed by atoms with Gasteiger partial charge in [-0.1, -0.05) is 0 Å². The minimum absolute atomic E-state index is 0.596. The first-order chi connectivity index (χ1) is 18.8. The number of hydrogen-bond acceptors (Lipinski definition) is 16. The highest BCUT2D eigenvalue weighted by molar-refractivity contribution is 5.73. The molecule has 0 aromatic rings. The maximum absolute atomic E-state index is 11.7. The molecule has 0 aromatic heterocycles. The molecular weight excluding hydrogens is 548 g/mol. The highest BCUT2D eigenvalue weighted by atomic mass is 16.7. The number of carbonyl (C=O) groups excluding carboxylic acids is 2. The lowest BCUT2D eigenvalue weighted by molar-refractivity contribution is -0.366. The Labute approximate surface area is 228 Å². The van der Waals surface area contributed by atoms with Crippen LogP contribution in [-0.2, 0) is 33.3 Å². The van der Waals surface area contributed by atoms with E-state index in [0.29, 0.717) is 0 Å². The van der Waals surface area contributed by atoms with E-state index in [0.717, 1.165) is 13.8 Å². The molecule has 0 unspecified atom stereocenters. The maximum atomic E-state index is 11.7. The number of amides is 2. The average molecular weight is 587 g/mol. The van der Waals surface area contributed by atoms with Crippen LogP contribution in [0.3, 0.4) is 0 Å². The van der Waals surface area contributed by atoms with Crippen LogP contribution in [0.2, 0.25) is 0 Å². The Balaban J connectivity index is 1.83. The highest BCUT2D eigenvalue weighted by Gasteiger charge is 2.54. The van der Waals surface area contributed by atoms with Gasteiger partial charge in [-0.15, -0.1) is 0 Å². The molecule has 40 heavy (non-hydrogen) atoms. The van der Waals surface area contributed by atoms with Crippen molar-refractivity contribution in [3.8, 4) is 0 Å². The third-order valence-corrected chi connectivity index (χ3v) is 6.87. The molecule has 0 aliphatic carbocycles. The second kappa shape index (κ2) is 14.0. The fourth-order valence-corrected chi connectivity index (χ4v) is 4.80. The second-order valence-electron chi connectivity index (χ2n) is 9.80. The molecule has 0 radical (unpaired) electrons. The average Bonchev–Trinajstić information content (AvgIpc) is 2.90. The van der Waals surface area contributed by atoms with Crippen LogP contribution < -0.4 is 10.6 Å². The molecule has 3 fully saturated rings. The van der Waals surface area contributed by atoms with Gasteiger partial charge in [0, 0.05) is 13.8 Å². The number of aliphatic hydroxyl groups is 9. The van der Waals surface area contributed by atoms with E-state index in [1.54, 1.807) is 0 Å². The molecule has 0 bridgehead atoms. The summed E-state index contributed by atoms with van der Waals surface area (Å²) < 4.78 is 27.7. The topological polar surface area (TPSA) is 286 Å². The van der Waals surface area contributed by atoms with Crippen molar-refractivity contribution in [1.29, 1.82) is 0 Å². The lowest BCUT2D eigenvalue weighted by atomic mass is 9.95. The lowest BCUT2D eigenvalue weighted by Gasteiger charge is -2.48. The van der Waals surface area contributed by atoms with Crippen molar-refractivity contribution in [1.82, 2.24) is 10.6 Å². The summed E-state index contributed by atoms with van der Waals surface area (Å²) in [6, 6.07) is -1.43. The van der Waals surface area contributed by atoms with Gasteiger partial charge in [-0.2, -0.15) is 0 Å². The first kappa shape index (κ1) is 32.9. The van der Waals surface area contributed by atoms with Crippen LogP contribution >= 0.6 is 0 Å². The molecule has 0 spiro atoms. The van der Waals surface area contributed by atoms with E-state index >= 15 is 0 Å². The van der Waals surface area contributed by atoms with Crippen LogP contribution in [0.4, 0.5) is 0 Å². The molecule has 18 nitrogen and oxygen atoms in total. The maximum Gasteiger partial charge on any atom is 0.218 e. The molecule has 0 aromatic carbocycles. The van der Waals surface area contributed by atoms with Gasteiger partial charge in [-0.05, 0) is 0 Å². The van der Waals surface area contributed by atoms with E-state index in [4.69, 9.17) is 23.7 Å². The van der Waals surface area contributed by atoms with Crippen molar-refractivity contribution in [2.24, 2.45) is 0 Å². The molecule has 15 atom stereocenters. The molecule has 232 valence electrons. The number of nitrogens with one attached hydrogen (secondary N) is 2. The van der Waals surface area contributed by atoms with Crippen molar-refractivity contribution in [2.75, 3.05) is 19.8 Å². The van der Waals surface area contributed by atoms with Crippen molar-refractivity contribution >= 4 is 11.8 Å². The first-order valence-corrected chi connectivity index (χ1v) is 12.6. The van der Waals surface area contributed by atoms with Gasteiger partial charge >= 0.3 is 0 Å². The SMILES string of the molecule is CC(=O)N[C@H]1[C@H](O[C@H]2[C@@H](O)[C@@H](CO)O[C@@H](O[C@H]3[C@H](O)[C@@H](O)[C@@H](NC(C)=O)O[C@@H]3CO)[C@@H]2O)O[C@H](CO)[C@@H](O)[C@@H]1O. The van der Waals surface area contributed by atoms with Crippen molar-refractivity contribution in [3.05, 3.63) is 0 Å². The Morgan fingerprint density at radius 2 is 1.12 bits per heavy atom. The number of carbonyl (C=O) groups is 2. The molecule has 2 amide bonds. The predicted octanol–water partition coefficient (Wildman–Crippen LogP) is -7.29. The van der Waals surface area contributed by atoms with Gasteiger partial charge in [-0.3, -0.25) is 9.59 Å². The van der Waals surface area contributed by atoms with Gasteiger partial charge in [0.2, 0.25) is 11.8 Å². The summed E-state index contributed by atoms with van der Waals surface area (Å²) in [5.41, 5.74) is 0. The molecule has 18 heteroatoms. The molecule has 3 aliphatic rings. The third-order valence-electron chi connectivity index (χ3n) is 6.87. The van der Waals surface area contributed by atoms with Gasteiger partial charge in [0.1, 0.15) is 73.2 Å². The molecule has 11 N–H and O–H groups in total. The standard InChI is InChI=1S/C22H38N2O16/c1-6(28)23-11-14(32)12(30)8(3-25)37-21(11)40-19-13(31)9(4-26)38-22(17(19)35)39-18-10(5-27)36-20(24-7(2)29)16(34)15(18)33/h8-22,25-27,30-35H,3-5H2,1-2H3,(H,23,28)(H,24,29)/t8-,9-,10-,11-,12-,13+,14-,15-,16-,17-,18-,19+,20+,21+,22+/m1/s1. The van der Waals surface area contributed by atoms with Crippen molar-refractivity contribution in [3.63, 3.8) is 0 Å². The minimum atomic E-state index is -1.92. The van der Waals surface area contributed by atoms with Crippen LogP contribution in [0.25, 0.3) is 0 Å². The summed E-state index contributed by atoms with van der Waals surface area (Å²) in [6.07, 6.45) is -22.9. The van der Waals surface area contributed by atoms with E-state index in [1.165, 1.54) is 0 Å². The van der Waals surface area contributed by atoms with E-state index < -0.39 is 124 Å². The van der Waals surface area contributed by atoms with Crippen LogP contribution in [-0.4, -0.2) is 170 Å². The first-order valence-electron chi connectivity index (χ1n) is 12.6. The smallest absolute Gasteiger partial charge is 0.218 e. The Hall–Kier alpha value is -1.62. The Kier molecular flexibility index (Phi) is 11.5. The zero-order valence-electron chi connectivity index (χ0n) is 21.7. The monoisotopic (exact) mass is 586 g/mol. The van der Waals surface area contributed by atoms with Crippen LogP contribution in [0.1, 0.15) is 13.8 Å². The van der Waals surface area contributed by atoms with Gasteiger partial charge < -0.3 is 80.3 Å². The van der Waals surface area contributed by atoms with Crippen LogP contribution in [0.15, 0.2) is 0 Å². The van der Waals surface area contributed by atoms with Gasteiger partial charge in [0.25, 0.3) is 0 Å². The summed E-state index contributed by atoms with van der Waals surface area (Å²) in [4.78, 5) is 23.1. The number of hydrogen-bond donors (Lipinski definition) is 11. The lowest BCUT2D eigenvalue weighted by Crippen LogP contribution is -2.69. The van der Waals surface area contributed by atoms with Gasteiger partial charge in [0.15, 0.2) is 18.8 Å². The Morgan fingerprint density at radius 3 is 1.68 bits per heavy atom. The fraction of sp³-hybridized carbons (Fsp3) is 0.909. The summed E-state index contributed by atoms with van der Waals surface area (Å²) in [6.45, 7) is -0.108. The van der Waals surface area contributed by atoms with E-state index in [1.807, 2.05) is 0 Å². The van der Waals surface area contributed by atoms with Crippen molar-refractivity contribution < 1.29 is 79.2 Å². The van der Waals surface area contributed by atoms with Gasteiger partial charge in [-0.25, -0.2) is 0 Å². The molecule has 3 aliphatic heterocycles. The molecule has 3 saturated heterocycles. The summed E-state index contributed by atoms with van der Waals surface area (Å²) in [5, 5.41) is 97.2. The highest BCUT2D eigenvalue weighted by Crippen LogP contribution is 2.32. The molecular formula is C22H38N2O16. The summed E-state index contributed by atoms with van der Waals surface area (Å²) in [5.74, 6) is -1.25. The van der Waals surface area contributed by atoms with Crippen LogP contribution in [0.5, 0.6) is 0 Å². The van der Waals surface area contributed by atoms with Gasteiger partial charge in [0.05, 0.1) is 19.8 Å². The third kappa shape index (κ3) is 7.05. The summed E-state index contributed by atoms with van der Waals surface area (Å²) >= 11 is 0. The second-order valence-corrected chi connectivity index (χ2v) is 9.80. The minimum Gasteiger partial charge on any atom is -0.394 e. The Morgan fingerprint density at radius 1 is 0.600 bits per heavy atom.